The van der Waals surface area contributed by atoms with E-state index in [1.54, 1.807) is 7.11 Å². The molecule has 0 aliphatic heterocycles. The maximum Gasteiger partial charge on any atom is 0.122 e. The van der Waals surface area contributed by atoms with Crippen LogP contribution in [-0.4, -0.2) is 19.7 Å². The number of ether oxygens (including phenoxy) is 1. The lowest BCUT2D eigenvalue weighted by molar-refractivity contribution is 0.406. The smallest absolute Gasteiger partial charge is 0.122 e. The van der Waals surface area contributed by atoms with E-state index < -0.39 is 0 Å². The second kappa shape index (κ2) is 6.46. The molecule has 1 N–H and O–H groups in total. The van der Waals surface area contributed by atoms with Gasteiger partial charge in [-0.2, -0.15) is 0 Å². The average Bonchev–Trinajstić information content (AvgIpc) is 2.27. The van der Waals surface area contributed by atoms with Crippen molar-refractivity contribution in [3.63, 3.8) is 0 Å². The van der Waals surface area contributed by atoms with Crippen LogP contribution in [0.2, 0.25) is 0 Å². The fraction of sp³-hybridized carbons (Fsp3) is 0.538. The van der Waals surface area contributed by atoms with Crippen LogP contribution in [0.5, 0.6) is 5.75 Å². The summed E-state index contributed by atoms with van der Waals surface area (Å²) < 4.78 is 5.32. The second-order valence-electron chi connectivity index (χ2n) is 3.87. The molecule has 0 bridgehead atoms. The largest absolute Gasteiger partial charge is 0.496 e. The normalized spacial score (nSPS) is 12.5. The van der Waals surface area contributed by atoms with Gasteiger partial charge in [-0.15, -0.1) is 0 Å². The summed E-state index contributed by atoms with van der Waals surface area (Å²) in [5.41, 5.74) is 1.27. The third-order valence-corrected chi connectivity index (χ3v) is 2.46. The molecule has 0 aliphatic rings. The lowest BCUT2D eigenvalue weighted by Crippen LogP contribution is -2.28. The summed E-state index contributed by atoms with van der Waals surface area (Å²) in [6, 6.07) is 8.71. The molecule has 15 heavy (non-hydrogen) atoms. The number of hydrogen-bond acceptors (Lipinski definition) is 2. The molecule has 0 fully saturated rings. The Labute approximate surface area is 92.6 Å². The van der Waals surface area contributed by atoms with Gasteiger partial charge in [0.2, 0.25) is 0 Å². The van der Waals surface area contributed by atoms with Gasteiger partial charge in [0.25, 0.3) is 0 Å². The van der Waals surface area contributed by atoms with Crippen molar-refractivity contribution in [1.29, 1.82) is 0 Å². The minimum atomic E-state index is 0.501. The topological polar surface area (TPSA) is 21.3 Å². The lowest BCUT2D eigenvalue weighted by atomic mass is 10.1. The van der Waals surface area contributed by atoms with E-state index in [9.17, 15) is 0 Å². The van der Waals surface area contributed by atoms with Crippen LogP contribution in [0.4, 0.5) is 0 Å². The van der Waals surface area contributed by atoms with Crippen molar-refractivity contribution in [3.8, 4) is 5.75 Å². The van der Waals surface area contributed by atoms with Crippen LogP contribution in [-0.2, 0) is 6.42 Å². The maximum atomic E-state index is 5.32. The molecule has 1 unspecified atom stereocenters. The predicted molar refractivity (Wildman–Crippen MR) is 64.5 cm³/mol. The summed E-state index contributed by atoms with van der Waals surface area (Å²) in [6.07, 6.45) is 2.19. The Morgan fingerprint density at radius 3 is 2.73 bits per heavy atom. The summed E-state index contributed by atoms with van der Waals surface area (Å²) in [4.78, 5) is 0. The summed E-state index contributed by atoms with van der Waals surface area (Å²) in [6.45, 7) is 5.47. The molecule has 0 radical (unpaired) electrons. The van der Waals surface area contributed by atoms with Crippen molar-refractivity contribution < 1.29 is 4.74 Å². The van der Waals surface area contributed by atoms with Crippen LogP contribution < -0.4 is 10.1 Å². The minimum Gasteiger partial charge on any atom is -0.496 e. The van der Waals surface area contributed by atoms with Crippen molar-refractivity contribution in [2.75, 3.05) is 13.7 Å². The number of methoxy groups -OCH3 is 1. The SMILES string of the molecule is CCCNC(C)Cc1ccccc1OC. The molecule has 2 heteroatoms. The van der Waals surface area contributed by atoms with Crippen molar-refractivity contribution in [3.05, 3.63) is 29.8 Å². The fourth-order valence-electron chi connectivity index (χ4n) is 1.66. The van der Waals surface area contributed by atoms with E-state index in [-0.39, 0.29) is 0 Å². The third-order valence-electron chi connectivity index (χ3n) is 2.46. The van der Waals surface area contributed by atoms with Gasteiger partial charge >= 0.3 is 0 Å². The van der Waals surface area contributed by atoms with Crippen molar-refractivity contribution >= 4 is 0 Å². The summed E-state index contributed by atoms with van der Waals surface area (Å²) in [5.74, 6) is 0.989. The van der Waals surface area contributed by atoms with E-state index in [0.717, 1.165) is 18.7 Å². The van der Waals surface area contributed by atoms with E-state index in [4.69, 9.17) is 4.74 Å². The zero-order valence-corrected chi connectivity index (χ0v) is 9.92. The Morgan fingerprint density at radius 2 is 2.07 bits per heavy atom. The Bertz CT molecular complexity index is 286. The minimum absolute atomic E-state index is 0.501. The van der Waals surface area contributed by atoms with Crippen LogP contribution in [0.3, 0.4) is 0 Å². The van der Waals surface area contributed by atoms with Crippen molar-refractivity contribution in [2.45, 2.75) is 32.7 Å². The monoisotopic (exact) mass is 207 g/mol. The van der Waals surface area contributed by atoms with E-state index in [2.05, 4.69) is 31.3 Å². The van der Waals surface area contributed by atoms with E-state index in [1.165, 1.54) is 12.0 Å². The third kappa shape index (κ3) is 3.92. The van der Waals surface area contributed by atoms with Crippen LogP contribution in [0.1, 0.15) is 25.8 Å². The molecule has 0 amide bonds. The average molecular weight is 207 g/mol. The highest BCUT2D eigenvalue weighted by Gasteiger charge is 2.06. The predicted octanol–water partition coefficient (Wildman–Crippen LogP) is 2.63. The second-order valence-corrected chi connectivity index (χ2v) is 3.87. The quantitative estimate of drug-likeness (QED) is 0.774. The zero-order chi connectivity index (χ0) is 11.1. The molecule has 0 spiro atoms. The molecular formula is C13H21NO. The van der Waals surface area contributed by atoms with Crippen LogP contribution in [0.15, 0.2) is 24.3 Å². The van der Waals surface area contributed by atoms with Crippen LogP contribution >= 0.6 is 0 Å². The Balaban J connectivity index is 2.55. The Kier molecular flexibility index (Phi) is 5.19. The zero-order valence-electron chi connectivity index (χ0n) is 9.92. The number of rotatable bonds is 6. The number of hydrogen-bond donors (Lipinski definition) is 1. The molecule has 0 heterocycles. The fourth-order valence-corrected chi connectivity index (χ4v) is 1.66. The molecule has 1 atom stereocenters. The van der Waals surface area contributed by atoms with Gasteiger partial charge in [0.05, 0.1) is 7.11 Å². The van der Waals surface area contributed by atoms with Gasteiger partial charge in [-0.25, -0.2) is 0 Å². The van der Waals surface area contributed by atoms with Gasteiger partial charge in [-0.05, 0) is 37.9 Å². The highest BCUT2D eigenvalue weighted by atomic mass is 16.5. The molecule has 2 nitrogen and oxygen atoms in total. The first-order chi connectivity index (χ1) is 7.27. The highest BCUT2D eigenvalue weighted by molar-refractivity contribution is 5.33. The first-order valence-corrected chi connectivity index (χ1v) is 5.63. The van der Waals surface area contributed by atoms with E-state index in [1.807, 2.05) is 12.1 Å². The first-order valence-electron chi connectivity index (χ1n) is 5.63. The number of para-hydroxylation sites is 1. The lowest BCUT2D eigenvalue weighted by Gasteiger charge is -2.15. The van der Waals surface area contributed by atoms with Crippen molar-refractivity contribution in [1.82, 2.24) is 5.32 Å². The number of benzene rings is 1. The van der Waals surface area contributed by atoms with Crippen LogP contribution in [0.25, 0.3) is 0 Å². The summed E-state index contributed by atoms with van der Waals surface area (Å²) in [7, 11) is 1.73. The van der Waals surface area contributed by atoms with Crippen LogP contribution in [0, 0.1) is 0 Å². The van der Waals surface area contributed by atoms with Gasteiger partial charge in [0.1, 0.15) is 5.75 Å². The summed E-state index contributed by atoms with van der Waals surface area (Å²) >= 11 is 0. The van der Waals surface area contributed by atoms with Gasteiger partial charge in [-0.3, -0.25) is 0 Å². The molecule has 1 aromatic carbocycles. The number of nitrogens with one attached hydrogen (secondary N) is 1. The molecular weight excluding hydrogens is 186 g/mol. The van der Waals surface area contributed by atoms with E-state index >= 15 is 0 Å². The van der Waals surface area contributed by atoms with E-state index in [0.29, 0.717) is 6.04 Å². The summed E-state index contributed by atoms with van der Waals surface area (Å²) in [5, 5.41) is 3.48. The Morgan fingerprint density at radius 1 is 1.33 bits per heavy atom. The molecule has 84 valence electrons. The molecule has 0 aromatic heterocycles. The van der Waals surface area contributed by atoms with Gasteiger partial charge in [0, 0.05) is 6.04 Å². The molecule has 0 aliphatic carbocycles. The van der Waals surface area contributed by atoms with Crippen molar-refractivity contribution in [2.24, 2.45) is 0 Å². The van der Waals surface area contributed by atoms with Gasteiger partial charge < -0.3 is 10.1 Å². The van der Waals surface area contributed by atoms with Gasteiger partial charge in [-0.1, -0.05) is 25.1 Å². The molecule has 0 saturated carbocycles. The molecule has 1 rings (SSSR count). The standard InChI is InChI=1S/C13H21NO/c1-4-9-14-11(2)10-12-7-5-6-8-13(12)15-3/h5-8,11,14H,4,9-10H2,1-3H3. The maximum absolute atomic E-state index is 5.32. The Hall–Kier alpha value is -1.02. The molecule has 0 saturated heterocycles. The first kappa shape index (κ1) is 12.1. The molecule has 1 aromatic rings. The highest BCUT2D eigenvalue weighted by Crippen LogP contribution is 2.18. The van der Waals surface area contributed by atoms with Gasteiger partial charge in [0.15, 0.2) is 0 Å².